The quantitative estimate of drug-likeness (QED) is 0.564. The average Bonchev–Trinajstić information content (AvgIpc) is 2.06. The van der Waals surface area contributed by atoms with Gasteiger partial charge in [0.1, 0.15) is 0 Å². The first-order valence-electron chi connectivity index (χ1n) is 4.42. The molecule has 1 saturated heterocycles. The van der Waals surface area contributed by atoms with E-state index in [2.05, 4.69) is 10.6 Å². The summed E-state index contributed by atoms with van der Waals surface area (Å²) in [5.41, 5.74) is 0. The third-order valence-electron chi connectivity index (χ3n) is 1.84. The van der Waals surface area contributed by atoms with Gasteiger partial charge in [0.15, 0.2) is 0 Å². The Morgan fingerprint density at radius 1 is 1.58 bits per heavy atom. The molecule has 1 aliphatic heterocycles. The van der Waals surface area contributed by atoms with Crippen LogP contribution in [0.3, 0.4) is 0 Å². The first kappa shape index (κ1) is 9.48. The van der Waals surface area contributed by atoms with Gasteiger partial charge in [-0.2, -0.15) is 0 Å². The summed E-state index contributed by atoms with van der Waals surface area (Å²) in [5, 5.41) is 6.46. The number of hydrogen-bond donors (Lipinski definition) is 2. The third kappa shape index (κ3) is 3.19. The lowest BCUT2D eigenvalue weighted by atomic mass is 10.2. The number of hydrogen-bond acceptors (Lipinski definition) is 4. The lowest BCUT2D eigenvalue weighted by Crippen LogP contribution is -2.49. The molecule has 0 amide bonds. The summed E-state index contributed by atoms with van der Waals surface area (Å²) in [7, 11) is 0. The van der Waals surface area contributed by atoms with Crippen molar-refractivity contribution in [3.8, 4) is 0 Å². The van der Waals surface area contributed by atoms with Gasteiger partial charge in [-0.3, -0.25) is 4.79 Å². The van der Waals surface area contributed by atoms with E-state index in [1.165, 1.54) is 0 Å². The van der Waals surface area contributed by atoms with Crippen molar-refractivity contribution >= 4 is 5.97 Å². The van der Waals surface area contributed by atoms with E-state index in [4.69, 9.17) is 4.74 Å². The van der Waals surface area contributed by atoms with Crippen LogP contribution in [0.1, 0.15) is 13.3 Å². The number of piperazine rings is 1. The summed E-state index contributed by atoms with van der Waals surface area (Å²) in [6.07, 6.45) is 0.473. The molecule has 1 heterocycles. The summed E-state index contributed by atoms with van der Waals surface area (Å²) >= 11 is 0. The highest BCUT2D eigenvalue weighted by molar-refractivity contribution is 5.70. The number of carbonyl (C=O) groups excluding carboxylic acids is 1. The number of esters is 1. The third-order valence-corrected chi connectivity index (χ3v) is 1.84. The van der Waals surface area contributed by atoms with Crippen molar-refractivity contribution in [3.05, 3.63) is 0 Å². The Labute approximate surface area is 72.7 Å². The van der Waals surface area contributed by atoms with Crippen LogP contribution in [0.4, 0.5) is 0 Å². The molecule has 0 spiro atoms. The second kappa shape index (κ2) is 5.11. The Balaban J connectivity index is 2.15. The van der Waals surface area contributed by atoms with E-state index in [9.17, 15) is 4.79 Å². The molecule has 0 saturated carbocycles. The van der Waals surface area contributed by atoms with Gasteiger partial charge in [0, 0.05) is 25.7 Å². The maximum absolute atomic E-state index is 11.0. The monoisotopic (exact) mass is 172 g/mol. The van der Waals surface area contributed by atoms with Crippen molar-refractivity contribution in [2.24, 2.45) is 0 Å². The average molecular weight is 172 g/mol. The predicted octanol–water partition coefficient (Wildman–Crippen LogP) is -0.499. The minimum atomic E-state index is -0.112. The Bertz CT molecular complexity index is 144. The Morgan fingerprint density at radius 2 is 2.42 bits per heavy atom. The van der Waals surface area contributed by atoms with Crippen molar-refractivity contribution in [1.82, 2.24) is 10.6 Å². The first-order chi connectivity index (χ1) is 5.83. The molecular weight excluding hydrogens is 156 g/mol. The number of ether oxygens (including phenoxy) is 1. The van der Waals surface area contributed by atoms with Crippen molar-refractivity contribution in [1.29, 1.82) is 0 Å². The highest BCUT2D eigenvalue weighted by Gasteiger charge is 2.15. The second-order valence-electron chi connectivity index (χ2n) is 2.86. The van der Waals surface area contributed by atoms with Crippen molar-refractivity contribution in [3.63, 3.8) is 0 Å². The van der Waals surface area contributed by atoms with Gasteiger partial charge >= 0.3 is 5.97 Å². The van der Waals surface area contributed by atoms with Gasteiger partial charge in [0.05, 0.1) is 13.0 Å². The summed E-state index contributed by atoms with van der Waals surface area (Å²) < 4.78 is 4.84. The molecule has 0 aromatic heterocycles. The maximum Gasteiger partial charge on any atom is 0.307 e. The van der Waals surface area contributed by atoms with E-state index < -0.39 is 0 Å². The first-order valence-corrected chi connectivity index (χ1v) is 4.42. The molecule has 2 N–H and O–H groups in total. The van der Waals surface area contributed by atoms with Gasteiger partial charge in [0.2, 0.25) is 0 Å². The molecule has 0 aromatic carbocycles. The number of carbonyl (C=O) groups is 1. The standard InChI is InChI=1S/C8H16N2O2/c1-2-12-8(11)5-7-6-9-3-4-10-7/h7,9-10H,2-6H2,1H3. The highest BCUT2D eigenvalue weighted by Crippen LogP contribution is 1.96. The molecule has 1 atom stereocenters. The van der Waals surface area contributed by atoms with Crippen LogP contribution in [0.2, 0.25) is 0 Å². The van der Waals surface area contributed by atoms with Crippen LogP contribution in [-0.2, 0) is 9.53 Å². The minimum absolute atomic E-state index is 0.112. The van der Waals surface area contributed by atoms with Gasteiger partial charge in [-0.25, -0.2) is 0 Å². The molecule has 70 valence electrons. The van der Waals surface area contributed by atoms with Crippen LogP contribution in [0.5, 0.6) is 0 Å². The van der Waals surface area contributed by atoms with Crippen LogP contribution in [0, 0.1) is 0 Å². The Hall–Kier alpha value is -0.610. The fourth-order valence-corrected chi connectivity index (χ4v) is 1.28. The smallest absolute Gasteiger partial charge is 0.307 e. The maximum atomic E-state index is 11.0. The molecule has 0 aromatic rings. The topological polar surface area (TPSA) is 50.4 Å². The van der Waals surface area contributed by atoms with E-state index in [1.54, 1.807) is 0 Å². The number of nitrogens with one attached hydrogen (secondary N) is 2. The molecule has 0 aliphatic carbocycles. The van der Waals surface area contributed by atoms with E-state index in [1.807, 2.05) is 6.92 Å². The molecule has 4 nitrogen and oxygen atoms in total. The predicted molar refractivity (Wildman–Crippen MR) is 45.9 cm³/mol. The van der Waals surface area contributed by atoms with Crippen molar-refractivity contribution in [2.45, 2.75) is 19.4 Å². The van der Waals surface area contributed by atoms with Crippen LogP contribution in [0.15, 0.2) is 0 Å². The van der Waals surface area contributed by atoms with Crippen molar-refractivity contribution < 1.29 is 9.53 Å². The van der Waals surface area contributed by atoms with E-state index in [-0.39, 0.29) is 12.0 Å². The highest BCUT2D eigenvalue weighted by atomic mass is 16.5. The van der Waals surface area contributed by atoms with Gasteiger partial charge in [-0.05, 0) is 6.92 Å². The molecule has 1 rings (SSSR count). The lowest BCUT2D eigenvalue weighted by molar-refractivity contribution is -0.143. The zero-order chi connectivity index (χ0) is 8.81. The normalized spacial score (nSPS) is 23.6. The molecule has 12 heavy (non-hydrogen) atoms. The van der Waals surface area contributed by atoms with Gasteiger partial charge in [-0.15, -0.1) is 0 Å². The summed E-state index contributed by atoms with van der Waals surface area (Å²) in [6.45, 7) is 5.08. The fraction of sp³-hybridized carbons (Fsp3) is 0.875. The van der Waals surface area contributed by atoms with E-state index >= 15 is 0 Å². The van der Waals surface area contributed by atoms with Crippen LogP contribution in [-0.4, -0.2) is 38.3 Å². The van der Waals surface area contributed by atoms with Crippen molar-refractivity contribution in [2.75, 3.05) is 26.2 Å². The SMILES string of the molecule is CCOC(=O)CC1CNCCN1. The van der Waals surface area contributed by atoms with Crippen LogP contribution in [0.25, 0.3) is 0 Å². The van der Waals surface area contributed by atoms with E-state index in [0.29, 0.717) is 13.0 Å². The summed E-state index contributed by atoms with van der Waals surface area (Å²) in [5.74, 6) is -0.112. The summed E-state index contributed by atoms with van der Waals surface area (Å²) in [6, 6.07) is 0.248. The van der Waals surface area contributed by atoms with Gasteiger partial charge < -0.3 is 15.4 Å². The van der Waals surface area contributed by atoms with E-state index in [0.717, 1.165) is 19.6 Å². The zero-order valence-corrected chi connectivity index (χ0v) is 7.43. The molecule has 1 aliphatic rings. The molecule has 1 unspecified atom stereocenters. The minimum Gasteiger partial charge on any atom is -0.466 e. The second-order valence-corrected chi connectivity index (χ2v) is 2.86. The molecule has 0 bridgehead atoms. The molecule has 1 fully saturated rings. The lowest BCUT2D eigenvalue weighted by Gasteiger charge is -2.23. The van der Waals surface area contributed by atoms with Gasteiger partial charge in [-0.1, -0.05) is 0 Å². The van der Waals surface area contributed by atoms with Crippen LogP contribution >= 0.6 is 0 Å². The molecular formula is C8H16N2O2. The Morgan fingerprint density at radius 3 is 3.00 bits per heavy atom. The molecule has 0 radical (unpaired) electrons. The fourth-order valence-electron chi connectivity index (χ4n) is 1.28. The zero-order valence-electron chi connectivity index (χ0n) is 7.43. The van der Waals surface area contributed by atoms with Crippen LogP contribution < -0.4 is 10.6 Å². The number of rotatable bonds is 3. The summed E-state index contributed by atoms with van der Waals surface area (Å²) in [4.78, 5) is 11.0. The molecule has 4 heteroatoms. The Kier molecular flexibility index (Phi) is 4.04. The largest absolute Gasteiger partial charge is 0.466 e. The van der Waals surface area contributed by atoms with Gasteiger partial charge in [0.25, 0.3) is 0 Å².